The highest BCUT2D eigenvalue weighted by Crippen LogP contribution is 2.35. The van der Waals surface area contributed by atoms with Crippen LogP contribution >= 0.6 is 0 Å². The summed E-state index contributed by atoms with van der Waals surface area (Å²) in [4.78, 5) is 0. The third-order valence-corrected chi connectivity index (χ3v) is 2.50. The largest absolute Gasteiger partial charge is 0.416 e. The predicted octanol–water partition coefficient (Wildman–Crippen LogP) is 4.31. The molecule has 1 aromatic rings. The van der Waals surface area contributed by atoms with Gasteiger partial charge in [-0.15, -0.1) is 0 Å². The molecule has 0 radical (unpaired) electrons. The van der Waals surface area contributed by atoms with Crippen LogP contribution in [0.5, 0.6) is 0 Å². The Kier molecular flexibility index (Phi) is 4.84. The van der Waals surface area contributed by atoms with Gasteiger partial charge >= 0.3 is 12.4 Å². The summed E-state index contributed by atoms with van der Waals surface area (Å²) in [6, 6.07) is 1.06. The van der Waals surface area contributed by atoms with Crippen LogP contribution in [0.4, 0.5) is 26.3 Å². The van der Waals surface area contributed by atoms with Crippen molar-refractivity contribution in [3.8, 4) is 0 Å². The summed E-state index contributed by atoms with van der Waals surface area (Å²) >= 11 is 0. The molecule has 1 N–H and O–H groups in total. The molecular weight excluding hydrogens is 272 g/mol. The van der Waals surface area contributed by atoms with Gasteiger partial charge in [0, 0.05) is 0 Å². The van der Waals surface area contributed by atoms with Crippen LogP contribution < -0.4 is 5.32 Å². The standard InChI is InChI=1S/C12H13F6N/c1-2-7-19-10(12(16,17)18)8-3-5-9(6-4-8)11(13,14)15/h3-6,10,19H,2,7H2,1H3. The molecule has 0 aliphatic heterocycles. The molecule has 1 nitrogen and oxygen atoms in total. The van der Waals surface area contributed by atoms with E-state index in [2.05, 4.69) is 5.32 Å². The molecule has 0 bridgehead atoms. The van der Waals surface area contributed by atoms with E-state index in [9.17, 15) is 26.3 Å². The van der Waals surface area contributed by atoms with Gasteiger partial charge < -0.3 is 5.32 Å². The summed E-state index contributed by atoms with van der Waals surface area (Å²) in [5.74, 6) is 0. The number of benzene rings is 1. The highest BCUT2D eigenvalue weighted by Gasteiger charge is 2.40. The van der Waals surface area contributed by atoms with Gasteiger partial charge in [-0.05, 0) is 30.7 Å². The maximum atomic E-state index is 12.8. The van der Waals surface area contributed by atoms with Crippen molar-refractivity contribution in [2.75, 3.05) is 6.54 Å². The summed E-state index contributed by atoms with van der Waals surface area (Å²) in [6.45, 7) is 1.83. The number of hydrogen-bond donors (Lipinski definition) is 1. The van der Waals surface area contributed by atoms with E-state index in [0.717, 1.165) is 12.1 Å². The summed E-state index contributed by atoms with van der Waals surface area (Å²) in [5, 5.41) is 2.28. The lowest BCUT2D eigenvalue weighted by Crippen LogP contribution is -2.34. The Hall–Kier alpha value is -1.24. The van der Waals surface area contributed by atoms with Crippen molar-refractivity contribution in [3.05, 3.63) is 35.4 Å². The van der Waals surface area contributed by atoms with E-state index in [1.165, 1.54) is 0 Å². The molecule has 1 unspecified atom stereocenters. The number of alkyl halides is 6. The van der Waals surface area contributed by atoms with Gasteiger partial charge in [-0.1, -0.05) is 19.1 Å². The van der Waals surface area contributed by atoms with Gasteiger partial charge in [-0.2, -0.15) is 26.3 Å². The third kappa shape index (κ3) is 4.41. The van der Waals surface area contributed by atoms with Gasteiger partial charge in [0.25, 0.3) is 0 Å². The van der Waals surface area contributed by atoms with Crippen LogP contribution in [0.15, 0.2) is 24.3 Å². The van der Waals surface area contributed by atoms with Crippen molar-refractivity contribution in [2.24, 2.45) is 0 Å². The Morgan fingerprint density at radius 2 is 1.53 bits per heavy atom. The van der Waals surface area contributed by atoms with Crippen LogP contribution in [0.3, 0.4) is 0 Å². The molecule has 0 spiro atoms. The molecule has 1 aromatic carbocycles. The molecule has 0 aliphatic rings. The fourth-order valence-electron chi connectivity index (χ4n) is 1.58. The van der Waals surface area contributed by atoms with Crippen LogP contribution in [0.2, 0.25) is 0 Å². The van der Waals surface area contributed by atoms with Crippen molar-refractivity contribution in [2.45, 2.75) is 31.7 Å². The Morgan fingerprint density at radius 3 is 1.89 bits per heavy atom. The van der Waals surface area contributed by atoms with Gasteiger partial charge in [0.05, 0.1) is 5.56 Å². The average molecular weight is 285 g/mol. The van der Waals surface area contributed by atoms with Gasteiger partial charge in [-0.25, -0.2) is 0 Å². The van der Waals surface area contributed by atoms with Gasteiger partial charge in [0.1, 0.15) is 6.04 Å². The summed E-state index contributed by atoms with van der Waals surface area (Å²) < 4.78 is 75.3. The second kappa shape index (κ2) is 5.81. The molecule has 108 valence electrons. The summed E-state index contributed by atoms with van der Waals surface area (Å²) in [5.41, 5.74) is -1.19. The first-order valence-electron chi connectivity index (χ1n) is 5.63. The molecule has 0 fully saturated rings. The lowest BCUT2D eigenvalue weighted by molar-refractivity contribution is -0.157. The average Bonchev–Trinajstić information content (AvgIpc) is 2.27. The first-order chi connectivity index (χ1) is 8.66. The van der Waals surface area contributed by atoms with Crippen molar-refractivity contribution in [1.29, 1.82) is 0 Å². The Bertz CT molecular complexity index is 392. The quantitative estimate of drug-likeness (QED) is 0.813. The number of rotatable bonds is 4. The molecular formula is C12H13F6N. The third-order valence-electron chi connectivity index (χ3n) is 2.50. The molecule has 0 amide bonds. The van der Waals surface area contributed by atoms with E-state index < -0.39 is 24.0 Å². The highest BCUT2D eigenvalue weighted by atomic mass is 19.4. The van der Waals surface area contributed by atoms with Crippen molar-refractivity contribution in [1.82, 2.24) is 5.32 Å². The number of hydrogen-bond acceptors (Lipinski definition) is 1. The zero-order valence-electron chi connectivity index (χ0n) is 10.1. The van der Waals surface area contributed by atoms with E-state index >= 15 is 0 Å². The minimum atomic E-state index is -4.55. The number of nitrogens with one attached hydrogen (secondary N) is 1. The molecule has 0 aliphatic carbocycles. The van der Waals surface area contributed by atoms with Crippen LogP contribution in [-0.2, 0) is 6.18 Å². The van der Waals surface area contributed by atoms with E-state index in [1.54, 1.807) is 6.92 Å². The smallest absolute Gasteiger partial charge is 0.302 e. The van der Waals surface area contributed by atoms with E-state index in [0.29, 0.717) is 18.6 Å². The van der Waals surface area contributed by atoms with Crippen molar-refractivity contribution < 1.29 is 26.3 Å². The fourth-order valence-corrected chi connectivity index (χ4v) is 1.58. The second-order valence-corrected chi connectivity index (χ2v) is 4.05. The molecule has 1 atom stereocenters. The van der Waals surface area contributed by atoms with Crippen LogP contribution in [0.25, 0.3) is 0 Å². The van der Waals surface area contributed by atoms with Crippen LogP contribution in [-0.4, -0.2) is 12.7 Å². The highest BCUT2D eigenvalue weighted by molar-refractivity contribution is 5.27. The maximum absolute atomic E-state index is 12.8. The molecule has 1 rings (SSSR count). The normalized spacial score (nSPS) is 14.5. The minimum Gasteiger partial charge on any atom is -0.302 e. The number of halogens is 6. The van der Waals surface area contributed by atoms with E-state index in [-0.39, 0.29) is 12.1 Å². The van der Waals surface area contributed by atoms with Crippen molar-refractivity contribution in [3.63, 3.8) is 0 Å². The van der Waals surface area contributed by atoms with Gasteiger partial charge in [-0.3, -0.25) is 0 Å². The fraction of sp³-hybridized carbons (Fsp3) is 0.500. The Balaban J connectivity index is 2.98. The van der Waals surface area contributed by atoms with Crippen LogP contribution in [0, 0.1) is 0 Å². The lowest BCUT2D eigenvalue weighted by atomic mass is 10.0. The molecule has 0 saturated heterocycles. The van der Waals surface area contributed by atoms with Gasteiger partial charge in [0.2, 0.25) is 0 Å². The Labute approximate surface area is 106 Å². The Morgan fingerprint density at radius 1 is 1.00 bits per heavy atom. The lowest BCUT2D eigenvalue weighted by Gasteiger charge is -2.22. The van der Waals surface area contributed by atoms with Gasteiger partial charge in [0.15, 0.2) is 0 Å². The molecule has 7 heteroatoms. The van der Waals surface area contributed by atoms with E-state index in [4.69, 9.17) is 0 Å². The monoisotopic (exact) mass is 285 g/mol. The second-order valence-electron chi connectivity index (χ2n) is 4.05. The van der Waals surface area contributed by atoms with Crippen LogP contribution in [0.1, 0.15) is 30.5 Å². The van der Waals surface area contributed by atoms with E-state index in [1.807, 2.05) is 0 Å². The predicted molar refractivity (Wildman–Crippen MR) is 58.5 cm³/mol. The molecule has 0 heterocycles. The first kappa shape index (κ1) is 15.8. The SMILES string of the molecule is CCCNC(c1ccc(C(F)(F)F)cc1)C(F)(F)F. The molecule has 0 saturated carbocycles. The van der Waals surface area contributed by atoms with Crippen molar-refractivity contribution >= 4 is 0 Å². The summed E-state index contributed by atoms with van der Waals surface area (Å²) in [6.07, 6.45) is -8.61. The molecule has 0 aromatic heterocycles. The first-order valence-corrected chi connectivity index (χ1v) is 5.63. The minimum absolute atomic E-state index is 0.130. The topological polar surface area (TPSA) is 12.0 Å². The maximum Gasteiger partial charge on any atom is 0.416 e. The zero-order chi connectivity index (χ0) is 14.7. The molecule has 19 heavy (non-hydrogen) atoms. The summed E-state index contributed by atoms with van der Waals surface area (Å²) in [7, 11) is 0. The zero-order valence-corrected chi connectivity index (χ0v) is 10.1.